The normalized spacial score (nSPS) is 17.2. The van der Waals surface area contributed by atoms with Crippen molar-refractivity contribution in [2.75, 3.05) is 49.7 Å². The Morgan fingerprint density at radius 2 is 1.48 bits per heavy atom. The second kappa shape index (κ2) is 10.3. The minimum atomic E-state index is 0.216. The zero-order chi connectivity index (χ0) is 21.5. The molecule has 164 valence electrons. The van der Waals surface area contributed by atoms with Gasteiger partial charge in [-0.15, -0.1) is 0 Å². The van der Waals surface area contributed by atoms with Crippen LogP contribution in [0.3, 0.4) is 0 Å². The summed E-state index contributed by atoms with van der Waals surface area (Å²) in [6.45, 7) is 5.69. The van der Waals surface area contributed by atoms with E-state index in [-0.39, 0.29) is 5.91 Å². The van der Waals surface area contributed by atoms with Crippen molar-refractivity contribution in [1.82, 2.24) is 10.6 Å². The average molecular weight is 422 g/mol. The van der Waals surface area contributed by atoms with E-state index in [0.717, 1.165) is 56.5 Å². The summed E-state index contributed by atoms with van der Waals surface area (Å²) >= 11 is 0. The number of aliphatic imine (C=N–C) groups is 1. The first-order valence-electron chi connectivity index (χ1n) is 11.0. The summed E-state index contributed by atoms with van der Waals surface area (Å²) in [6, 6.07) is 16.8. The highest BCUT2D eigenvalue weighted by Gasteiger charge is 2.21. The number of benzene rings is 2. The van der Waals surface area contributed by atoms with Crippen molar-refractivity contribution in [2.45, 2.75) is 25.9 Å². The van der Waals surface area contributed by atoms with Gasteiger partial charge in [0.05, 0.1) is 13.2 Å². The van der Waals surface area contributed by atoms with Gasteiger partial charge in [0.1, 0.15) is 0 Å². The van der Waals surface area contributed by atoms with Crippen LogP contribution in [0, 0.1) is 0 Å². The van der Waals surface area contributed by atoms with Crippen LogP contribution in [-0.2, 0) is 22.6 Å². The minimum absolute atomic E-state index is 0.216. The lowest BCUT2D eigenvalue weighted by Gasteiger charge is -2.28. The monoisotopic (exact) mass is 421 g/mol. The van der Waals surface area contributed by atoms with E-state index in [1.54, 1.807) is 7.05 Å². The highest BCUT2D eigenvalue weighted by molar-refractivity contribution is 5.95. The molecule has 2 saturated heterocycles. The average Bonchev–Trinajstić information content (AvgIpc) is 3.26. The fourth-order valence-corrected chi connectivity index (χ4v) is 3.95. The molecule has 2 aromatic carbocycles. The lowest BCUT2D eigenvalue weighted by molar-refractivity contribution is -0.117. The number of carbonyl (C=O) groups is 1. The molecule has 0 unspecified atom stereocenters. The molecule has 31 heavy (non-hydrogen) atoms. The Hall–Kier alpha value is -3.06. The maximum Gasteiger partial charge on any atom is 0.227 e. The topological polar surface area (TPSA) is 69.2 Å². The van der Waals surface area contributed by atoms with Crippen LogP contribution in [0.4, 0.5) is 11.4 Å². The van der Waals surface area contributed by atoms with Gasteiger partial charge in [-0.3, -0.25) is 9.79 Å². The molecule has 2 fully saturated rings. The van der Waals surface area contributed by atoms with Crippen LogP contribution >= 0.6 is 0 Å². The van der Waals surface area contributed by atoms with E-state index in [4.69, 9.17) is 4.74 Å². The van der Waals surface area contributed by atoms with Crippen LogP contribution in [0.15, 0.2) is 53.5 Å². The number of nitrogens with one attached hydrogen (secondary N) is 2. The molecule has 2 aliphatic heterocycles. The number of nitrogens with zero attached hydrogens (tertiary/aromatic N) is 3. The van der Waals surface area contributed by atoms with Crippen LogP contribution in [-0.4, -0.2) is 51.8 Å². The molecule has 2 N–H and O–H groups in total. The maximum absolute atomic E-state index is 11.9. The standard InChI is InChI=1S/C24H31N5O2/c1-25-24(26-17-19-4-8-21(9-5-19)28-13-15-31-16-14-28)27-18-20-6-10-22(11-7-20)29-12-2-3-23(29)30/h4-11H,2-3,12-18H2,1H3,(H2,25,26,27). The van der Waals surface area contributed by atoms with Crippen molar-refractivity contribution >= 4 is 23.2 Å². The third-order valence-corrected chi connectivity index (χ3v) is 5.78. The lowest BCUT2D eigenvalue weighted by Crippen LogP contribution is -2.36. The summed E-state index contributed by atoms with van der Waals surface area (Å²) in [5, 5.41) is 6.72. The Morgan fingerprint density at radius 1 is 0.903 bits per heavy atom. The molecule has 0 spiro atoms. The Morgan fingerprint density at radius 3 is 2.00 bits per heavy atom. The molecule has 2 aliphatic rings. The Labute approximate surface area is 184 Å². The van der Waals surface area contributed by atoms with Gasteiger partial charge < -0.3 is 25.2 Å². The molecule has 0 aromatic heterocycles. The van der Waals surface area contributed by atoms with Gasteiger partial charge in [-0.1, -0.05) is 24.3 Å². The third kappa shape index (κ3) is 5.55. The van der Waals surface area contributed by atoms with E-state index in [0.29, 0.717) is 19.5 Å². The first-order chi connectivity index (χ1) is 15.2. The fourth-order valence-electron chi connectivity index (χ4n) is 3.95. The van der Waals surface area contributed by atoms with Crippen molar-refractivity contribution in [3.8, 4) is 0 Å². The van der Waals surface area contributed by atoms with Crippen LogP contribution in [0.2, 0.25) is 0 Å². The lowest BCUT2D eigenvalue weighted by atomic mass is 10.2. The van der Waals surface area contributed by atoms with Crippen molar-refractivity contribution in [3.63, 3.8) is 0 Å². The first kappa shape index (κ1) is 21.2. The molecule has 0 aliphatic carbocycles. The number of guanidine groups is 1. The molecule has 7 heteroatoms. The number of morpholine rings is 1. The number of rotatable bonds is 6. The van der Waals surface area contributed by atoms with Crippen LogP contribution in [0.25, 0.3) is 0 Å². The molecule has 0 atom stereocenters. The third-order valence-electron chi connectivity index (χ3n) is 5.78. The van der Waals surface area contributed by atoms with Crippen LogP contribution in [0.1, 0.15) is 24.0 Å². The molecule has 2 heterocycles. The zero-order valence-electron chi connectivity index (χ0n) is 18.1. The molecular weight excluding hydrogens is 390 g/mol. The quantitative estimate of drug-likeness (QED) is 0.554. The van der Waals surface area contributed by atoms with E-state index in [2.05, 4.69) is 56.9 Å². The van der Waals surface area contributed by atoms with Crippen molar-refractivity contribution in [3.05, 3.63) is 59.7 Å². The number of hydrogen-bond acceptors (Lipinski definition) is 4. The summed E-state index contributed by atoms with van der Waals surface area (Å²) in [6.07, 6.45) is 1.60. The SMILES string of the molecule is CN=C(NCc1ccc(N2CCOCC2)cc1)NCc1ccc(N2CCCC2=O)cc1. The van der Waals surface area contributed by atoms with Gasteiger partial charge in [0.15, 0.2) is 5.96 Å². The predicted molar refractivity (Wildman–Crippen MR) is 125 cm³/mol. The molecule has 0 bridgehead atoms. The maximum atomic E-state index is 11.9. The Bertz CT molecular complexity index is 889. The van der Waals surface area contributed by atoms with E-state index in [9.17, 15) is 4.79 Å². The number of hydrogen-bond donors (Lipinski definition) is 2. The van der Waals surface area contributed by atoms with Crippen LogP contribution in [0.5, 0.6) is 0 Å². The van der Waals surface area contributed by atoms with Crippen molar-refractivity contribution in [1.29, 1.82) is 0 Å². The molecular formula is C24H31N5O2. The van der Waals surface area contributed by atoms with Crippen molar-refractivity contribution < 1.29 is 9.53 Å². The summed E-state index contributed by atoms with van der Waals surface area (Å²) in [4.78, 5) is 20.4. The molecule has 4 rings (SSSR count). The highest BCUT2D eigenvalue weighted by atomic mass is 16.5. The molecule has 7 nitrogen and oxygen atoms in total. The largest absolute Gasteiger partial charge is 0.378 e. The second-order valence-electron chi connectivity index (χ2n) is 7.86. The van der Waals surface area contributed by atoms with Gasteiger partial charge in [-0.2, -0.15) is 0 Å². The Balaban J connectivity index is 1.24. The molecule has 2 aromatic rings. The van der Waals surface area contributed by atoms with Crippen molar-refractivity contribution in [2.24, 2.45) is 4.99 Å². The van der Waals surface area contributed by atoms with E-state index in [1.165, 1.54) is 11.3 Å². The number of carbonyl (C=O) groups excluding carboxylic acids is 1. The number of amides is 1. The molecule has 0 saturated carbocycles. The Kier molecular flexibility index (Phi) is 7.04. The van der Waals surface area contributed by atoms with E-state index < -0.39 is 0 Å². The smallest absolute Gasteiger partial charge is 0.227 e. The summed E-state index contributed by atoms with van der Waals surface area (Å²) < 4.78 is 5.42. The first-order valence-corrected chi connectivity index (χ1v) is 11.0. The second-order valence-corrected chi connectivity index (χ2v) is 7.86. The number of ether oxygens (including phenoxy) is 1. The van der Waals surface area contributed by atoms with E-state index in [1.807, 2.05) is 17.0 Å². The molecule has 0 radical (unpaired) electrons. The van der Waals surface area contributed by atoms with Gasteiger partial charge >= 0.3 is 0 Å². The summed E-state index contributed by atoms with van der Waals surface area (Å²) in [7, 11) is 1.78. The van der Waals surface area contributed by atoms with Gasteiger partial charge in [0.2, 0.25) is 5.91 Å². The minimum Gasteiger partial charge on any atom is -0.378 e. The number of anilines is 2. The van der Waals surface area contributed by atoms with Gasteiger partial charge in [0, 0.05) is 57.6 Å². The van der Waals surface area contributed by atoms with Crippen LogP contribution < -0.4 is 20.4 Å². The zero-order valence-corrected chi connectivity index (χ0v) is 18.1. The van der Waals surface area contributed by atoms with E-state index >= 15 is 0 Å². The predicted octanol–water partition coefficient (Wildman–Crippen LogP) is 2.52. The summed E-state index contributed by atoms with van der Waals surface area (Å²) in [5.41, 5.74) is 4.58. The molecule has 1 amide bonds. The summed E-state index contributed by atoms with van der Waals surface area (Å²) in [5.74, 6) is 0.976. The van der Waals surface area contributed by atoms with Gasteiger partial charge in [-0.25, -0.2) is 0 Å². The van der Waals surface area contributed by atoms with Gasteiger partial charge in [0.25, 0.3) is 0 Å². The van der Waals surface area contributed by atoms with Gasteiger partial charge in [-0.05, 0) is 41.8 Å². The fraction of sp³-hybridized carbons (Fsp3) is 0.417. The highest BCUT2D eigenvalue weighted by Crippen LogP contribution is 2.21.